The van der Waals surface area contributed by atoms with Gasteiger partial charge in [-0.25, -0.2) is 4.79 Å². The molecule has 10 heteroatoms. The van der Waals surface area contributed by atoms with Crippen LogP contribution in [0, 0.1) is 22.7 Å². The second-order valence-electron chi connectivity index (χ2n) is 13.6. The van der Waals surface area contributed by atoms with E-state index in [0.29, 0.717) is 29.5 Å². The molecule has 2 bridgehead atoms. The molecule has 4 aliphatic rings. The van der Waals surface area contributed by atoms with Crippen LogP contribution in [0.2, 0.25) is 0 Å². The van der Waals surface area contributed by atoms with E-state index in [1.807, 2.05) is 0 Å². The van der Waals surface area contributed by atoms with Gasteiger partial charge < -0.3 is 30.3 Å². The molecule has 4 fully saturated rings. The molecular formula is C32H46N2O7S. The molecular weight excluding hydrogens is 556 g/mol. The van der Waals surface area contributed by atoms with E-state index in [0.717, 1.165) is 51.4 Å². The lowest BCUT2D eigenvalue weighted by atomic mass is 9.70. The molecule has 0 spiro atoms. The zero-order chi connectivity index (χ0) is 30.2. The van der Waals surface area contributed by atoms with Gasteiger partial charge in [-0.05, 0) is 67.1 Å². The van der Waals surface area contributed by atoms with Crippen molar-refractivity contribution in [3.05, 3.63) is 23.8 Å². The maximum absolute atomic E-state index is 14.2. The number of nitrogens with one attached hydrogen (secondary N) is 1. The molecule has 1 aromatic rings. The predicted octanol–water partition coefficient (Wildman–Crippen LogP) is 3.77. The van der Waals surface area contributed by atoms with E-state index >= 15 is 0 Å². The molecule has 9 nitrogen and oxygen atoms in total. The highest BCUT2D eigenvalue weighted by Crippen LogP contribution is 2.66. The number of aromatic hydroxyl groups is 2. The Bertz CT molecular complexity index is 1190. The third-order valence-corrected chi connectivity index (χ3v) is 12.1. The third-order valence-electron chi connectivity index (χ3n) is 11.1. The number of ether oxygens (including phenoxy) is 1. The molecule has 2 amide bonds. The number of thioether (sulfide) groups is 1. The number of carbonyl (C=O) groups is 3. The summed E-state index contributed by atoms with van der Waals surface area (Å²) < 4.78 is 6.22. The molecule has 5 unspecified atom stereocenters. The Balaban J connectivity index is 1.30. The molecule has 232 valence electrons. The van der Waals surface area contributed by atoms with E-state index in [-0.39, 0.29) is 52.6 Å². The first-order valence-corrected chi connectivity index (χ1v) is 16.7. The number of hydrogen-bond acceptors (Lipinski definition) is 8. The van der Waals surface area contributed by atoms with Crippen molar-refractivity contribution in [1.82, 2.24) is 10.2 Å². The van der Waals surface area contributed by atoms with E-state index in [2.05, 4.69) is 26.1 Å². The van der Waals surface area contributed by atoms with Crippen LogP contribution >= 0.6 is 11.8 Å². The zero-order valence-electron chi connectivity index (χ0n) is 25.0. The van der Waals surface area contributed by atoms with Gasteiger partial charge in [0.1, 0.15) is 24.3 Å². The second-order valence-corrected chi connectivity index (χ2v) is 14.7. The van der Waals surface area contributed by atoms with Gasteiger partial charge in [0.15, 0.2) is 11.5 Å². The van der Waals surface area contributed by atoms with Crippen molar-refractivity contribution in [2.75, 3.05) is 18.1 Å². The maximum Gasteiger partial charge on any atom is 0.330 e. The summed E-state index contributed by atoms with van der Waals surface area (Å²) in [6.45, 7) is 7.19. The van der Waals surface area contributed by atoms with E-state index in [1.54, 1.807) is 16.7 Å². The second kappa shape index (κ2) is 12.3. The van der Waals surface area contributed by atoms with Gasteiger partial charge in [-0.1, -0.05) is 46.1 Å². The average molecular weight is 603 g/mol. The van der Waals surface area contributed by atoms with Crippen LogP contribution in [-0.4, -0.2) is 80.3 Å². The van der Waals surface area contributed by atoms with Crippen molar-refractivity contribution in [3.8, 4) is 11.5 Å². The van der Waals surface area contributed by atoms with E-state index in [1.165, 1.54) is 18.2 Å². The summed E-state index contributed by atoms with van der Waals surface area (Å²) in [5.41, 5.74) is 0.500. The first-order chi connectivity index (χ1) is 19.9. The number of fused-ring (bicyclic) bond motifs is 2. The fraction of sp³-hybridized carbons (Fsp3) is 0.719. The number of aliphatic hydroxyl groups excluding tert-OH is 1. The number of carbonyl (C=O) groups excluding carboxylic acids is 3. The smallest absolute Gasteiger partial charge is 0.330 e. The molecule has 1 aliphatic heterocycles. The van der Waals surface area contributed by atoms with Crippen molar-refractivity contribution < 1.29 is 34.4 Å². The fourth-order valence-corrected chi connectivity index (χ4v) is 8.91. The number of phenolic OH excluding ortho intramolecular Hbond substituents is 2. The molecule has 42 heavy (non-hydrogen) atoms. The van der Waals surface area contributed by atoms with Crippen LogP contribution in [0.15, 0.2) is 18.2 Å². The van der Waals surface area contributed by atoms with E-state index < -0.39 is 24.1 Å². The predicted molar refractivity (Wildman–Crippen MR) is 160 cm³/mol. The Morgan fingerprint density at radius 2 is 1.83 bits per heavy atom. The van der Waals surface area contributed by atoms with E-state index in [9.17, 15) is 29.7 Å². The molecule has 0 aromatic heterocycles. The lowest BCUT2D eigenvalue weighted by Crippen LogP contribution is -2.60. The van der Waals surface area contributed by atoms with Crippen molar-refractivity contribution >= 4 is 29.5 Å². The minimum absolute atomic E-state index is 0.0764. The van der Waals surface area contributed by atoms with Gasteiger partial charge in [0, 0.05) is 29.9 Å². The van der Waals surface area contributed by atoms with Crippen LogP contribution in [-0.2, 0) is 25.5 Å². The Labute approximate surface area is 252 Å². The largest absolute Gasteiger partial charge is 0.504 e. The van der Waals surface area contributed by atoms with Crippen LogP contribution in [0.5, 0.6) is 11.5 Å². The first-order valence-electron chi connectivity index (χ1n) is 15.5. The van der Waals surface area contributed by atoms with E-state index in [4.69, 9.17) is 4.74 Å². The van der Waals surface area contributed by atoms with Crippen LogP contribution in [0.25, 0.3) is 0 Å². The Morgan fingerprint density at radius 3 is 2.48 bits per heavy atom. The van der Waals surface area contributed by atoms with Gasteiger partial charge in [-0.3, -0.25) is 9.59 Å². The summed E-state index contributed by atoms with van der Waals surface area (Å²) in [5.74, 6) is -0.334. The molecule has 0 radical (unpaired) electrons. The van der Waals surface area contributed by atoms with Gasteiger partial charge in [-0.2, -0.15) is 11.8 Å². The van der Waals surface area contributed by atoms with Gasteiger partial charge >= 0.3 is 5.97 Å². The SMILES string of the molecule is CC12CC[C@@H](CC1OC(=O)C1CSCCN1C(=O)C(NC(=O)C(O)Cc1ccc(O)c(O)c1)C1CCCCC1)C2(C)C. The third kappa shape index (κ3) is 5.85. The monoisotopic (exact) mass is 602 g/mol. The number of hydrogen-bond donors (Lipinski definition) is 4. The standard InChI is InChI=1S/C32H46N2O7S/c1-31(2)21-11-12-32(31,3)26(17-21)41-30(40)22-18-42-14-13-34(22)29(39)27(20-7-5-4-6-8-20)33-28(38)25(37)16-19-9-10-23(35)24(36)15-19/h9-10,15,20-22,25-27,35-37H,4-8,11-14,16-18H2,1-3H3,(H,33,38)/t21-,22?,25?,26?,27?,32?/m0/s1. The first kappa shape index (κ1) is 31.0. The quantitative estimate of drug-likeness (QED) is 0.261. The Kier molecular flexibility index (Phi) is 9.05. The molecule has 6 atom stereocenters. The lowest BCUT2D eigenvalue weighted by molar-refractivity contribution is -0.166. The van der Waals surface area contributed by atoms with Crippen LogP contribution in [0.1, 0.15) is 77.7 Å². The number of aliphatic hydroxyl groups is 1. The molecule has 1 saturated heterocycles. The van der Waals surface area contributed by atoms with Crippen molar-refractivity contribution in [2.24, 2.45) is 22.7 Å². The number of phenols is 2. The minimum Gasteiger partial charge on any atom is -0.504 e. The average Bonchev–Trinajstić information content (AvgIpc) is 3.31. The normalized spacial score (nSPS) is 30.5. The molecule has 4 N–H and O–H groups in total. The molecule has 1 aromatic carbocycles. The van der Waals surface area contributed by atoms with Crippen LogP contribution < -0.4 is 5.32 Å². The summed E-state index contributed by atoms with van der Waals surface area (Å²) in [7, 11) is 0. The van der Waals surface area contributed by atoms with Crippen LogP contribution in [0.3, 0.4) is 0 Å². The minimum atomic E-state index is -1.45. The number of nitrogens with zero attached hydrogens (tertiary/aromatic N) is 1. The number of amides is 2. The molecule has 5 rings (SSSR count). The maximum atomic E-state index is 14.2. The molecule has 3 saturated carbocycles. The Morgan fingerprint density at radius 1 is 1.10 bits per heavy atom. The molecule has 3 aliphatic carbocycles. The number of benzene rings is 1. The topological polar surface area (TPSA) is 136 Å². The summed E-state index contributed by atoms with van der Waals surface area (Å²) in [6.07, 6.45) is 5.91. The van der Waals surface area contributed by atoms with Crippen molar-refractivity contribution in [1.29, 1.82) is 0 Å². The highest BCUT2D eigenvalue weighted by molar-refractivity contribution is 7.99. The summed E-state index contributed by atoms with van der Waals surface area (Å²) in [6, 6.07) is 2.56. The summed E-state index contributed by atoms with van der Waals surface area (Å²) >= 11 is 1.63. The van der Waals surface area contributed by atoms with Crippen molar-refractivity contribution in [3.63, 3.8) is 0 Å². The number of rotatable bonds is 8. The van der Waals surface area contributed by atoms with Gasteiger partial charge in [0.2, 0.25) is 11.8 Å². The highest BCUT2D eigenvalue weighted by Gasteiger charge is 2.63. The lowest BCUT2D eigenvalue weighted by Gasteiger charge is -2.41. The van der Waals surface area contributed by atoms with Gasteiger partial charge in [0.05, 0.1) is 0 Å². The summed E-state index contributed by atoms with van der Waals surface area (Å²) in [5, 5.41) is 32.9. The zero-order valence-corrected chi connectivity index (χ0v) is 25.8. The summed E-state index contributed by atoms with van der Waals surface area (Å²) in [4.78, 5) is 42.7. The Hall–Kier alpha value is -2.46. The van der Waals surface area contributed by atoms with Gasteiger partial charge in [0.25, 0.3) is 0 Å². The number of esters is 1. The van der Waals surface area contributed by atoms with Gasteiger partial charge in [-0.15, -0.1) is 0 Å². The highest BCUT2D eigenvalue weighted by atomic mass is 32.2. The fourth-order valence-electron chi connectivity index (χ4n) is 7.88. The molecule has 1 heterocycles. The van der Waals surface area contributed by atoms with Crippen LogP contribution in [0.4, 0.5) is 0 Å². The van der Waals surface area contributed by atoms with Crippen molar-refractivity contribution in [2.45, 2.75) is 103 Å².